The summed E-state index contributed by atoms with van der Waals surface area (Å²) in [5.41, 5.74) is 5.54. The fraction of sp³-hybridized carbons (Fsp3) is 0. The highest BCUT2D eigenvalue weighted by atomic mass is 35.5. The monoisotopic (exact) mass is 448 g/mol. The molecule has 6 rings (SSSR count). The van der Waals surface area contributed by atoms with Crippen LogP contribution >= 0.6 is 22.9 Å². The minimum Gasteiger partial charge on any atom is -0.237 e. The predicted molar refractivity (Wildman–Crippen MR) is 136 cm³/mol. The Morgan fingerprint density at radius 3 is 2.12 bits per heavy atom. The minimum atomic E-state index is 0.724. The highest BCUT2D eigenvalue weighted by Gasteiger charge is 2.13. The van der Waals surface area contributed by atoms with Gasteiger partial charge in [0.05, 0.1) is 0 Å². The summed E-state index contributed by atoms with van der Waals surface area (Å²) in [6.45, 7) is 0. The van der Waals surface area contributed by atoms with Gasteiger partial charge >= 0.3 is 0 Å². The average molecular weight is 449 g/mol. The van der Waals surface area contributed by atoms with Crippen molar-refractivity contribution >= 4 is 43.1 Å². The standard InChI is InChI=1S/C28H17ClN2S/c29-21-10-6-18(7-11-21)19-8-13-24(28-30-14-3-15-31-28)25(16-19)20-9-12-23-22-4-1-2-5-26(22)32-27(23)17-20/h1-17H. The largest absolute Gasteiger partial charge is 0.237 e. The van der Waals surface area contributed by atoms with E-state index in [0.717, 1.165) is 38.7 Å². The van der Waals surface area contributed by atoms with Crippen LogP contribution in [0.4, 0.5) is 0 Å². The molecule has 0 spiro atoms. The molecule has 0 bridgehead atoms. The van der Waals surface area contributed by atoms with E-state index in [-0.39, 0.29) is 0 Å². The predicted octanol–water partition coefficient (Wildman–Crippen LogP) is 8.50. The first-order valence-corrected chi connectivity index (χ1v) is 11.5. The molecule has 4 heteroatoms. The fourth-order valence-electron chi connectivity index (χ4n) is 4.13. The Kier molecular flexibility index (Phi) is 4.71. The molecule has 6 aromatic rings. The molecule has 0 atom stereocenters. The zero-order valence-electron chi connectivity index (χ0n) is 17.0. The zero-order valence-corrected chi connectivity index (χ0v) is 18.6. The van der Waals surface area contributed by atoms with E-state index in [1.807, 2.05) is 29.5 Å². The third-order valence-electron chi connectivity index (χ3n) is 5.69. The number of benzene rings is 4. The Balaban J connectivity index is 1.57. The number of hydrogen-bond donors (Lipinski definition) is 0. The fourth-order valence-corrected chi connectivity index (χ4v) is 5.40. The minimum absolute atomic E-state index is 0.724. The van der Waals surface area contributed by atoms with Crippen LogP contribution in [0, 0.1) is 0 Å². The summed E-state index contributed by atoms with van der Waals surface area (Å²) in [7, 11) is 0. The third kappa shape index (κ3) is 3.36. The number of nitrogens with zero attached hydrogens (tertiary/aromatic N) is 2. The Bertz CT molecular complexity index is 1570. The van der Waals surface area contributed by atoms with E-state index in [1.54, 1.807) is 12.4 Å². The van der Waals surface area contributed by atoms with E-state index >= 15 is 0 Å². The molecule has 152 valence electrons. The third-order valence-corrected chi connectivity index (χ3v) is 7.08. The molecule has 0 amide bonds. The summed E-state index contributed by atoms with van der Waals surface area (Å²) >= 11 is 7.93. The molecule has 0 radical (unpaired) electrons. The molecule has 0 unspecified atom stereocenters. The van der Waals surface area contributed by atoms with Gasteiger partial charge in [-0.2, -0.15) is 0 Å². The first-order chi connectivity index (χ1) is 15.8. The Morgan fingerprint density at radius 2 is 1.28 bits per heavy atom. The van der Waals surface area contributed by atoms with Gasteiger partial charge in [0.2, 0.25) is 0 Å². The summed E-state index contributed by atoms with van der Waals surface area (Å²) in [6.07, 6.45) is 3.57. The topological polar surface area (TPSA) is 25.8 Å². The molecule has 4 aromatic carbocycles. The van der Waals surface area contributed by atoms with Crippen molar-refractivity contribution in [2.75, 3.05) is 0 Å². The second-order valence-corrected chi connectivity index (χ2v) is 9.17. The molecule has 0 saturated heterocycles. The van der Waals surface area contributed by atoms with Gasteiger partial charge in [-0.25, -0.2) is 9.97 Å². The number of hydrogen-bond acceptors (Lipinski definition) is 3. The molecular weight excluding hydrogens is 432 g/mol. The van der Waals surface area contributed by atoms with Crippen molar-refractivity contribution in [3.63, 3.8) is 0 Å². The average Bonchev–Trinajstić information content (AvgIpc) is 3.22. The Labute approximate surface area is 194 Å². The maximum atomic E-state index is 6.11. The lowest BCUT2D eigenvalue weighted by atomic mass is 9.93. The lowest BCUT2D eigenvalue weighted by molar-refractivity contribution is 1.18. The molecule has 0 N–H and O–H groups in total. The van der Waals surface area contributed by atoms with Gasteiger partial charge in [0.15, 0.2) is 5.82 Å². The summed E-state index contributed by atoms with van der Waals surface area (Å²) in [5.74, 6) is 0.724. The number of aromatic nitrogens is 2. The highest BCUT2D eigenvalue weighted by Crippen LogP contribution is 2.39. The lowest BCUT2D eigenvalue weighted by Gasteiger charge is -2.12. The van der Waals surface area contributed by atoms with Crippen molar-refractivity contribution in [1.82, 2.24) is 9.97 Å². The van der Waals surface area contributed by atoms with E-state index in [9.17, 15) is 0 Å². The van der Waals surface area contributed by atoms with Crippen LogP contribution in [0.2, 0.25) is 5.02 Å². The molecule has 0 aliphatic heterocycles. The van der Waals surface area contributed by atoms with Crippen LogP contribution in [-0.4, -0.2) is 9.97 Å². The van der Waals surface area contributed by atoms with Crippen LogP contribution in [0.5, 0.6) is 0 Å². The second kappa shape index (κ2) is 7.86. The summed E-state index contributed by atoms with van der Waals surface area (Å²) in [6, 6.07) is 31.5. The molecule has 2 nitrogen and oxygen atoms in total. The lowest BCUT2D eigenvalue weighted by Crippen LogP contribution is -1.92. The van der Waals surface area contributed by atoms with Gasteiger partial charge in [-0.3, -0.25) is 0 Å². The number of fused-ring (bicyclic) bond motifs is 3. The van der Waals surface area contributed by atoms with Crippen LogP contribution in [0.1, 0.15) is 0 Å². The van der Waals surface area contributed by atoms with Crippen LogP contribution in [-0.2, 0) is 0 Å². The number of thiophene rings is 1. The second-order valence-electron chi connectivity index (χ2n) is 7.65. The van der Waals surface area contributed by atoms with E-state index in [0.29, 0.717) is 0 Å². The van der Waals surface area contributed by atoms with E-state index < -0.39 is 0 Å². The normalized spacial score (nSPS) is 11.3. The molecule has 32 heavy (non-hydrogen) atoms. The van der Waals surface area contributed by atoms with E-state index in [1.165, 1.54) is 20.2 Å². The molecule has 0 aliphatic rings. The summed E-state index contributed by atoms with van der Waals surface area (Å²) < 4.78 is 2.58. The number of halogens is 1. The van der Waals surface area contributed by atoms with Crippen molar-refractivity contribution in [3.8, 4) is 33.6 Å². The summed E-state index contributed by atoms with van der Waals surface area (Å²) in [5, 5.41) is 3.33. The molecule has 2 heterocycles. The van der Waals surface area contributed by atoms with Gasteiger partial charge in [-0.1, -0.05) is 60.1 Å². The zero-order chi connectivity index (χ0) is 21.5. The first-order valence-electron chi connectivity index (χ1n) is 10.4. The first kappa shape index (κ1) is 19.2. The molecule has 0 saturated carbocycles. The molecular formula is C28H17ClN2S. The maximum Gasteiger partial charge on any atom is 0.159 e. The van der Waals surface area contributed by atoms with Gasteiger partial charge in [0.1, 0.15) is 0 Å². The smallest absolute Gasteiger partial charge is 0.159 e. The quantitative estimate of drug-likeness (QED) is 0.271. The maximum absolute atomic E-state index is 6.11. The van der Waals surface area contributed by atoms with E-state index in [4.69, 9.17) is 11.6 Å². The van der Waals surface area contributed by atoms with Crippen LogP contribution in [0.3, 0.4) is 0 Å². The van der Waals surface area contributed by atoms with Gasteiger partial charge in [0, 0.05) is 43.2 Å². The van der Waals surface area contributed by atoms with E-state index in [2.05, 4.69) is 82.8 Å². The molecule has 2 aromatic heterocycles. The van der Waals surface area contributed by atoms with Crippen molar-refractivity contribution in [3.05, 3.63) is 108 Å². The molecule has 0 fully saturated rings. The van der Waals surface area contributed by atoms with Gasteiger partial charge < -0.3 is 0 Å². The molecule has 0 aliphatic carbocycles. The van der Waals surface area contributed by atoms with Crippen molar-refractivity contribution in [2.24, 2.45) is 0 Å². The van der Waals surface area contributed by atoms with Crippen LogP contribution in [0.15, 0.2) is 103 Å². The van der Waals surface area contributed by atoms with Crippen LogP contribution in [0.25, 0.3) is 53.8 Å². The van der Waals surface area contributed by atoms with Crippen molar-refractivity contribution in [2.45, 2.75) is 0 Å². The van der Waals surface area contributed by atoms with Gasteiger partial charge in [-0.05, 0) is 64.7 Å². The Morgan fingerprint density at radius 1 is 0.562 bits per heavy atom. The van der Waals surface area contributed by atoms with Crippen LogP contribution < -0.4 is 0 Å². The Hall–Kier alpha value is -3.53. The number of rotatable bonds is 3. The summed E-state index contributed by atoms with van der Waals surface area (Å²) in [4.78, 5) is 9.04. The highest BCUT2D eigenvalue weighted by molar-refractivity contribution is 7.25. The van der Waals surface area contributed by atoms with Crippen molar-refractivity contribution in [1.29, 1.82) is 0 Å². The van der Waals surface area contributed by atoms with Gasteiger partial charge in [0.25, 0.3) is 0 Å². The SMILES string of the molecule is Clc1ccc(-c2ccc(-c3ncccn3)c(-c3ccc4c(c3)sc3ccccc34)c2)cc1. The van der Waals surface area contributed by atoms with Crippen molar-refractivity contribution < 1.29 is 0 Å². The van der Waals surface area contributed by atoms with Gasteiger partial charge in [-0.15, -0.1) is 11.3 Å².